The molecule has 0 aliphatic carbocycles. The van der Waals surface area contributed by atoms with Gasteiger partial charge in [0.05, 0.1) is 29.9 Å². The molecule has 33 heavy (non-hydrogen) atoms. The number of aryl methyl sites for hydroxylation is 1. The fraction of sp³-hybridized carbons (Fsp3) is 0.154. The highest BCUT2D eigenvalue weighted by Gasteiger charge is 2.34. The first-order valence-corrected chi connectivity index (χ1v) is 11.2. The van der Waals surface area contributed by atoms with Crippen molar-refractivity contribution in [2.75, 3.05) is 10.0 Å². The predicted molar refractivity (Wildman–Crippen MR) is 133 cm³/mol. The van der Waals surface area contributed by atoms with Crippen molar-refractivity contribution in [3.63, 3.8) is 0 Å². The summed E-state index contributed by atoms with van der Waals surface area (Å²) < 4.78 is 1.82. The minimum atomic E-state index is -0.0328. The largest absolute Gasteiger partial charge is 0.348 e. The highest BCUT2D eigenvalue weighted by atomic mass is 35.5. The average Bonchev–Trinajstić information content (AvgIpc) is 3.42. The number of fused-ring (bicyclic) bond motifs is 1. The molecule has 0 amide bonds. The Morgan fingerprint density at radius 3 is 2.55 bits per heavy atom. The maximum Gasteiger partial charge on any atom is 0.252 e. The maximum absolute atomic E-state index is 13.2. The Morgan fingerprint density at radius 1 is 1.09 bits per heavy atom. The van der Waals surface area contributed by atoms with Crippen molar-refractivity contribution in [3.05, 3.63) is 118 Å². The molecule has 1 aliphatic rings. The Kier molecular flexibility index (Phi) is 5.52. The van der Waals surface area contributed by atoms with Crippen LogP contribution in [0.5, 0.6) is 0 Å². The number of pyridine rings is 1. The highest BCUT2D eigenvalue weighted by molar-refractivity contribution is 6.30. The molecular formula is C26H24ClN5O. The van der Waals surface area contributed by atoms with Crippen LogP contribution in [0.4, 0.5) is 11.4 Å². The van der Waals surface area contributed by atoms with Crippen molar-refractivity contribution < 1.29 is 0 Å². The Balaban J connectivity index is 1.58. The van der Waals surface area contributed by atoms with Gasteiger partial charge in [-0.1, -0.05) is 48.5 Å². The molecule has 5 rings (SSSR count). The van der Waals surface area contributed by atoms with Crippen molar-refractivity contribution in [1.29, 1.82) is 0 Å². The minimum absolute atomic E-state index is 0.0328. The van der Waals surface area contributed by atoms with Gasteiger partial charge in [0.2, 0.25) is 0 Å². The zero-order valence-electron chi connectivity index (χ0n) is 18.3. The smallest absolute Gasteiger partial charge is 0.252 e. The Labute approximate surface area is 197 Å². The van der Waals surface area contributed by atoms with Gasteiger partial charge in [-0.05, 0) is 36.8 Å². The molecule has 0 spiro atoms. The van der Waals surface area contributed by atoms with Gasteiger partial charge in [0, 0.05) is 47.2 Å². The van der Waals surface area contributed by atoms with E-state index in [1.165, 1.54) is 0 Å². The molecule has 0 saturated carbocycles. The molecule has 6 nitrogen and oxygen atoms in total. The number of halogens is 1. The summed E-state index contributed by atoms with van der Waals surface area (Å²) in [6, 6.07) is 19.6. The second kappa shape index (κ2) is 8.64. The number of hydrazine groups is 1. The first-order valence-electron chi connectivity index (χ1n) is 10.8. The van der Waals surface area contributed by atoms with Crippen LogP contribution >= 0.6 is 11.6 Å². The monoisotopic (exact) mass is 457 g/mol. The van der Waals surface area contributed by atoms with Gasteiger partial charge in [-0.3, -0.25) is 14.8 Å². The van der Waals surface area contributed by atoms with E-state index >= 15 is 0 Å². The van der Waals surface area contributed by atoms with E-state index in [-0.39, 0.29) is 5.56 Å². The number of anilines is 2. The molecule has 4 aromatic rings. The number of rotatable bonds is 6. The fourth-order valence-electron chi connectivity index (χ4n) is 4.39. The van der Waals surface area contributed by atoms with Gasteiger partial charge in [0.15, 0.2) is 0 Å². The van der Waals surface area contributed by atoms with E-state index in [2.05, 4.69) is 26.6 Å². The summed E-state index contributed by atoms with van der Waals surface area (Å²) in [7, 11) is 0. The number of benzene rings is 2. The van der Waals surface area contributed by atoms with Gasteiger partial charge in [-0.2, -0.15) is 0 Å². The molecule has 7 heteroatoms. The lowest BCUT2D eigenvalue weighted by Gasteiger charge is -2.32. The number of hydrogen-bond donors (Lipinski definition) is 1. The Bertz CT molecular complexity index is 1340. The summed E-state index contributed by atoms with van der Waals surface area (Å²) in [5.74, 6) is 0. The van der Waals surface area contributed by atoms with Crippen LogP contribution in [0, 0.1) is 6.92 Å². The van der Waals surface area contributed by atoms with Crippen LogP contribution < -0.4 is 15.6 Å². The van der Waals surface area contributed by atoms with Crippen LogP contribution in [-0.2, 0) is 19.5 Å². The molecule has 0 bridgehead atoms. The van der Waals surface area contributed by atoms with Crippen LogP contribution in [0.2, 0.25) is 5.02 Å². The van der Waals surface area contributed by atoms with Gasteiger partial charge in [0.1, 0.15) is 0 Å². The lowest BCUT2D eigenvalue weighted by atomic mass is 10.1. The number of imidazole rings is 1. The molecule has 0 saturated heterocycles. The second-order valence-corrected chi connectivity index (χ2v) is 8.52. The van der Waals surface area contributed by atoms with Crippen molar-refractivity contribution in [2.45, 2.75) is 26.4 Å². The SMILES string of the molecule is C=C1c2c(cc(=O)n(CCc3cnc[nH]3)c2C)N(Cc2ccc(Cl)cc2)N1c1ccccc1. The number of nitrogens with zero attached hydrogens (tertiary/aromatic N) is 4. The molecular weight excluding hydrogens is 434 g/mol. The molecule has 0 radical (unpaired) electrons. The summed E-state index contributed by atoms with van der Waals surface area (Å²) in [6.07, 6.45) is 4.14. The van der Waals surface area contributed by atoms with Crippen LogP contribution in [0.1, 0.15) is 22.5 Å². The minimum Gasteiger partial charge on any atom is -0.348 e. The predicted octanol–water partition coefficient (Wildman–Crippen LogP) is 5.19. The first-order chi connectivity index (χ1) is 16.0. The lowest BCUT2D eigenvalue weighted by molar-refractivity contribution is 0.642. The summed E-state index contributed by atoms with van der Waals surface area (Å²) in [5.41, 5.74) is 6.63. The van der Waals surface area contributed by atoms with Gasteiger partial charge in [0.25, 0.3) is 5.56 Å². The summed E-state index contributed by atoms with van der Waals surface area (Å²) in [6.45, 7) is 7.57. The molecule has 0 unspecified atom stereocenters. The summed E-state index contributed by atoms with van der Waals surface area (Å²) in [4.78, 5) is 20.4. The Hall–Kier alpha value is -3.77. The van der Waals surface area contributed by atoms with Crippen molar-refractivity contribution in [3.8, 4) is 0 Å². The summed E-state index contributed by atoms with van der Waals surface area (Å²) >= 11 is 6.09. The molecule has 1 aliphatic heterocycles. The fourth-order valence-corrected chi connectivity index (χ4v) is 4.51. The van der Waals surface area contributed by atoms with E-state index in [4.69, 9.17) is 11.6 Å². The quantitative estimate of drug-likeness (QED) is 0.433. The maximum atomic E-state index is 13.2. The number of aromatic nitrogens is 3. The number of hydrogen-bond acceptors (Lipinski definition) is 4. The van der Waals surface area contributed by atoms with Crippen molar-refractivity contribution in [1.82, 2.24) is 14.5 Å². The molecule has 1 N–H and O–H groups in total. The second-order valence-electron chi connectivity index (χ2n) is 8.08. The van der Waals surface area contributed by atoms with Crippen LogP contribution in [0.3, 0.4) is 0 Å². The zero-order valence-corrected chi connectivity index (χ0v) is 19.1. The number of H-pyrrole nitrogens is 1. The average molecular weight is 458 g/mol. The van der Waals surface area contributed by atoms with Gasteiger partial charge in [-0.15, -0.1) is 0 Å². The first kappa shape index (κ1) is 21.1. The van der Waals surface area contributed by atoms with Gasteiger partial charge in [-0.25, -0.2) is 4.98 Å². The zero-order chi connectivity index (χ0) is 22.9. The van der Waals surface area contributed by atoms with E-state index in [9.17, 15) is 4.79 Å². The number of para-hydroxylation sites is 1. The molecule has 166 valence electrons. The van der Waals surface area contributed by atoms with Gasteiger partial charge < -0.3 is 9.55 Å². The van der Waals surface area contributed by atoms with Crippen molar-refractivity contribution >= 4 is 28.7 Å². The summed E-state index contributed by atoms with van der Waals surface area (Å²) in [5, 5.41) is 4.90. The molecule has 0 atom stereocenters. The molecule has 3 heterocycles. The normalized spacial score (nSPS) is 13.0. The van der Waals surface area contributed by atoms with Gasteiger partial charge >= 0.3 is 0 Å². The van der Waals surface area contributed by atoms with E-state index in [0.717, 1.165) is 39.6 Å². The van der Waals surface area contributed by atoms with Crippen LogP contribution in [-0.4, -0.2) is 14.5 Å². The van der Waals surface area contributed by atoms with E-state index < -0.39 is 0 Å². The lowest BCUT2D eigenvalue weighted by Crippen LogP contribution is -2.36. The third-order valence-corrected chi connectivity index (χ3v) is 6.27. The molecule has 2 aromatic carbocycles. The highest BCUT2D eigenvalue weighted by Crippen LogP contribution is 2.43. The third-order valence-electron chi connectivity index (χ3n) is 6.02. The van der Waals surface area contributed by atoms with Crippen LogP contribution in [0.25, 0.3) is 5.70 Å². The molecule has 2 aromatic heterocycles. The van der Waals surface area contributed by atoms with E-state index in [1.807, 2.05) is 66.1 Å². The van der Waals surface area contributed by atoms with E-state index in [1.54, 1.807) is 18.6 Å². The van der Waals surface area contributed by atoms with E-state index in [0.29, 0.717) is 24.5 Å². The number of nitrogens with one attached hydrogen (secondary N) is 1. The van der Waals surface area contributed by atoms with Crippen molar-refractivity contribution in [2.24, 2.45) is 0 Å². The number of aromatic amines is 1. The third kappa shape index (κ3) is 3.94. The Morgan fingerprint density at radius 2 is 1.85 bits per heavy atom. The molecule has 0 fully saturated rings. The van der Waals surface area contributed by atoms with Crippen LogP contribution in [0.15, 0.2) is 84.6 Å². The standard InChI is InChI=1S/C26H24ClN5O/c1-18-26-19(2)32(23-6-4-3-5-7-23)31(16-20-8-10-21(27)11-9-20)24(26)14-25(33)30(18)13-12-22-15-28-17-29-22/h3-11,14-15,17H,2,12-13,16H2,1H3,(H,28,29). The topological polar surface area (TPSA) is 57.2 Å².